The lowest BCUT2D eigenvalue weighted by Gasteiger charge is -2.14. The van der Waals surface area contributed by atoms with Gasteiger partial charge in [-0.15, -0.1) is 0 Å². The van der Waals surface area contributed by atoms with Gasteiger partial charge in [0.15, 0.2) is 0 Å². The zero-order valence-electron chi connectivity index (χ0n) is 10.3. The van der Waals surface area contributed by atoms with Crippen molar-refractivity contribution in [3.8, 4) is 0 Å². The zero-order chi connectivity index (χ0) is 13.9. The predicted molar refractivity (Wildman–Crippen MR) is 68.6 cm³/mol. The van der Waals surface area contributed by atoms with E-state index in [1.165, 1.54) is 6.07 Å². The first kappa shape index (κ1) is 14.9. The second-order valence-corrected chi connectivity index (χ2v) is 5.82. The van der Waals surface area contributed by atoms with Gasteiger partial charge in [-0.1, -0.05) is 6.07 Å². The molecule has 7 heteroatoms. The van der Waals surface area contributed by atoms with E-state index in [0.29, 0.717) is 5.56 Å². The molecule has 0 aliphatic carbocycles. The van der Waals surface area contributed by atoms with Crippen molar-refractivity contribution in [3.63, 3.8) is 0 Å². The van der Waals surface area contributed by atoms with Crippen LogP contribution in [-0.4, -0.2) is 37.9 Å². The highest BCUT2D eigenvalue weighted by Crippen LogP contribution is 2.24. The molecule has 0 bridgehead atoms. The standard InChI is InChI=1S/C11H18N2O4S/c1-7-3-4-10(12)11(8(7)2)18(16,17)13-5-9(15)6-14/h3-4,9,13-15H,5-6,12H2,1-2H3. The van der Waals surface area contributed by atoms with E-state index in [1.54, 1.807) is 19.9 Å². The normalized spacial score (nSPS) is 13.6. The van der Waals surface area contributed by atoms with Crippen LogP contribution in [0.3, 0.4) is 0 Å². The van der Waals surface area contributed by atoms with Gasteiger partial charge in [0.05, 0.1) is 18.4 Å². The van der Waals surface area contributed by atoms with Gasteiger partial charge in [-0.05, 0) is 31.0 Å². The predicted octanol–water partition coefficient (Wildman–Crippen LogP) is -0.483. The Balaban J connectivity index is 3.09. The Morgan fingerprint density at radius 2 is 2.00 bits per heavy atom. The van der Waals surface area contributed by atoms with E-state index in [-0.39, 0.29) is 17.1 Å². The van der Waals surface area contributed by atoms with Crippen molar-refractivity contribution in [3.05, 3.63) is 23.3 Å². The highest BCUT2D eigenvalue weighted by molar-refractivity contribution is 7.89. The average molecular weight is 274 g/mol. The fourth-order valence-electron chi connectivity index (χ4n) is 1.51. The van der Waals surface area contributed by atoms with Gasteiger partial charge >= 0.3 is 0 Å². The van der Waals surface area contributed by atoms with Crippen LogP contribution in [0, 0.1) is 13.8 Å². The van der Waals surface area contributed by atoms with Crippen molar-refractivity contribution in [1.29, 1.82) is 0 Å². The van der Waals surface area contributed by atoms with Crippen LogP contribution in [0.1, 0.15) is 11.1 Å². The molecule has 0 spiro atoms. The van der Waals surface area contributed by atoms with Crippen LogP contribution in [0.5, 0.6) is 0 Å². The number of rotatable bonds is 5. The molecule has 0 aliphatic heterocycles. The maximum Gasteiger partial charge on any atom is 0.242 e. The lowest BCUT2D eigenvalue weighted by atomic mass is 10.1. The number of hydrogen-bond donors (Lipinski definition) is 4. The van der Waals surface area contributed by atoms with Crippen LogP contribution in [0.2, 0.25) is 0 Å². The summed E-state index contributed by atoms with van der Waals surface area (Å²) in [7, 11) is -3.80. The summed E-state index contributed by atoms with van der Waals surface area (Å²) in [6.45, 7) is 2.69. The number of anilines is 1. The van der Waals surface area contributed by atoms with E-state index < -0.39 is 22.7 Å². The highest BCUT2D eigenvalue weighted by atomic mass is 32.2. The number of hydrogen-bond acceptors (Lipinski definition) is 5. The fourth-order valence-corrected chi connectivity index (χ4v) is 3.01. The zero-order valence-corrected chi connectivity index (χ0v) is 11.2. The Hall–Kier alpha value is -1.15. The fraction of sp³-hybridized carbons (Fsp3) is 0.455. The summed E-state index contributed by atoms with van der Waals surface area (Å²) in [6, 6.07) is 3.27. The third kappa shape index (κ3) is 3.20. The topological polar surface area (TPSA) is 113 Å². The highest BCUT2D eigenvalue weighted by Gasteiger charge is 2.21. The van der Waals surface area contributed by atoms with E-state index in [0.717, 1.165) is 5.56 Å². The first-order valence-corrected chi connectivity index (χ1v) is 6.92. The van der Waals surface area contributed by atoms with Crippen LogP contribution >= 0.6 is 0 Å². The molecule has 0 fully saturated rings. The van der Waals surface area contributed by atoms with Gasteiger partial charge in [-0.3, -0.25) is 0 Å². The van der Waals surface area contributed by atoms with E-state index in [1.807, 2.05) is 0 Å². The molecule has 0 aliphatic rings. The summed E-state index contributed by atoms with van der Waals surface area (Å²) in [5.41, 5.74) is 7.22. The van der Waals surface area contributed by atoms with Crippen molar-refractivity contribution >= 4 is 15.7 Å². The summed E-state index contributed by atoms with van der Waals surface area (Å²) in [5, 5.41) is 17.8. The minimum Gasteiger partial charge on any atom is -0.398 e. The van der Waals surface area contributed by atoms with Gasteiger partial charge in [-0.25, -0.2) is 13.1 Å². The maximum absolute atomic E-state index is 12.1. The molecular weight excluding hydrogens is 256 g/mol. The van der Waals surface area contributed by atoms with Gasteiger partial charge < -0.3 is 15.9 Å². The number of aryl methyl sites for hydroxylation is 1. The number of aliphatic hydroxyl groups is 2. The van der Waals surface area contributed by atoms with Gasteiger partial charge in [0.1, 0.15) is 4.90 Å². The molecule has 0 saturated carbocycles. The Bertz CT molecular complexity index is 528. The van der Waals surface area contributed by atoms with Gasteiger partial charge in [-0.2, -0.15) is 0 Å². The molecule has 1 unspecified atom stereocenters. The molecule has 0 saturated heterocycles. The Morgan fingerprint density at radius 1 is 1.39 bits per heavy atom. The van der Waals surface area contributed by atoms with Crippen LogP contribution in [0.25, 0.3) is 0 Å². The van der Waals surface area contributed by atoms with Crippen LogP contribution in [-0.2, 0) is 10.0 Å². The number of nitrogen functional groups attached to an aromatic ring is 1. The van der Waals surface area contributed by atoms with E-state index in [4.69, 9.17) is 15.9 Å². The average Bonchev–Trinajstić information content (AvgIpc) is 2.31. The first-order valence-electron chi connectivity index (χ1n) is 5.44. The summed E-state index contributed by atoms with van der Waals surface area (Å²) in [5.74, 6) is 0. The third-order valence-electron chi connectivity index (χ3n) is 2.70. The minimum absolute atomic E-state index is 0.0210. The molecule has 0 aromatic heterocycles. The summed E-state index contributed by atoms with van der Waals surface area (Å²) >= 11 is 0. The monoisotopic (exact) mass is 274 g/mol. The minimum atomic E-state index is -3.80. The smallest absolute Gasteiger partial charge is 0.242 e. The van der Waals surface area contributed by atoms with Crippen LogP contribution in [0.15, 0.2) is 17.0 Å². The molecule has 0 heterocycles. The van der Waals surface area contributed by atoms with Crippen molar-refractivity contribution < 1.29 is 18.6 Å². The number of sulfonamides is 1. The molecule has 6 nitrogen and oxygen atoms in total. The molecule has 1 aromatic carbocycles. The van der Waals surface area contributed by atoms with Crippen molar-refractivity contribution in [2.75, 3.05) is 18.9 Å². The largest absolute Gasteiger partial charge is 0.398 e. The second kappa shape index (κ2) is 5.66. The molecule has 1 aromatic rings. The molecule has 1 atom stereocenters. The Kier molecular flexibility index (Phi) is 4.69. The molecule has 0 amide bonds. The first-order chi connectivity index (χ1) is 8.29. The third-order valence-corrected chi connectivity index (χ3v) is 4.32. The van der Waals surface area contributed by atoms with Gasteiger partial charge in [0, 0.05) is 6.54 Å². The molecule has 18 heavy (non-hydrogen) atoms. The summed E-state index contributed by atoms with van der Waals surface area (Å²) in [4.78, 5) is 0.0210. The molecule has 102 valence electrons. The number of aliphatic hydroxyl groups excluding tert-OH is 2. The van der Waals surface area contributed by atoms with Gasteiger partial charge in [0.2, 0.25) is 10.0 Å². The second-order valence-electron chi connectivity index (χ2n) is 4.11. The van der Waals surface area contributed by atoms with E-state index in [2.05, 4.69) is 4.72 Å². The van der Waals surface area contributed by atoms with Crippen LogP contribution < -0.4 is 10.5 Å². The van der Waals surface area contributed by atoms with Crippen molar-refractivity contribution in [2.24, 2.45) is 0 Å². The number of nitrogens with two attached hydrogens (primary N) is 1. The summed E-state index contributed by atoms with van der Waals surface area (Å²) in [6.07, 6.45) is -1.13. The number of nitrogens with one attached hydrogen (secondary N) is 1. The van der Waals surface area contributed by atoms with Crippen LogP contribution in [0.4, 0.5) is 5.69 Å². The SMILES string of the molecule is Cc1ccc(N)c(S(=O)(=O)NCC(O)CO)c1C. The lowest BCUT2D eigenvalue weighted by Crippen LogP contribution is -2.34. The number of benzene rings is 1. The van der Waals surface area contributed by atoms with E-state index >= 15 is 0 Å². The quantitative estimate of drug-likeness (QED) is 0.542. The molecule has 5 N–H and O–H groups in total. The lowest BCUT2D eigenvalue weighted by molar-refractivity contribution is 0.0988. The Morgan fingerprint density at radius 3 is 2.56 bits per heavy atom. The summed E-state index contributed by atoms with van der Waals surface area (Å²) < 4.78 is 26.3. The molecule has 0 radical (unpaired) electrons. The maximum atomic E-state index is 12.1. The molecule has 1 rings (SSSR count). The van der Waals surface area contributed by atoms with Crippen molar-refractivity contribution in [2.45, 2.75) is 24.8 Å². The van der Waals surface area contributed by atoms with E-state index in [9.17, 15) is 8.42 Å². The Labute approximate surface area is 106 Å². The molecular formula is C11H18N2O4S. The van der Waals surface area contributed by atoms with Gasteiger partial charge in [0.25, 0.3) is 0 Å². The van der Waals surface area contributed by atoms with Crippen molar-refractivity contribution in [1.82, 2.24) is 4.72 Å².